The van der Waals surface area contributed by atoms with Crippen molar-refractivity contribution in [1.82, 2.24) is 5.16 Å². The van der Waals surface area contributed by atoms with Gasteiger partial charge in [0.15, 0.2) is 15.3 Å². The van der Waals surface area contributed by atoms with Crippen LogP contribution in [0.2, 0.25) is 10.0 Å². The van der Waals surface area contributed by atoms with Gasteiger partial charge in [-0.25, -0.2) is 0 Å². The zero-order valence-corrected chi connectivity index (χ0v) is 19.1. The third-order valence-corrected chi connectivity index (χ3v) is 6.71. The number of benzene rings is 3. The Morgan fingerprint density at radius 3 is 2.50 bits per heavy atom. The van der Waals surface area contributed by atoms with Crippen LogP contribution in [0.4, 0.5) is 11.5 Å². The smallest absolute Gasteiger partial charge is 0.228 e. The lowest BCUT2D eigenvalue weighted by Crippen LogP contribution is -2.21. The summed E-state index contributed by atoms with van der Waals surface area (Å²) in [5.41, 5.74) is 1.33. The van der Waals surface area contributed by atoms with Crippen molar-refractivity contribution in [3.63, 3.8) is 0 Å². The second kappa shape index (κ2) is 8.91. The minimum absolute atomic E-state index is 0.0852. The molecule has 7 nitrogen and oxygen atoms in total. The van der Waals surface area contributed by atoms with Crippen molar-refractivity contribution in [3.05, 3.63) is 82.0 Å². The number of hydrogen-bond donors (Lipinski definition) is 2. The van der Waals surface area contributed by atoms with Crippen LogP contribution in [0.15, 0.2) is 70.1 Å². The van der Waals surface area contributed by atoms with Gasteiger partial charge in [0.1, 0.15) is 5.76 Å². The molecule has 1 atom stereocenters. The first-order valence-electron chi connectivity index (χ1n) is 9.43. The number of carbonyl (C=O) groups excluding carboxylic acids is 1. The van der Waals surface area contributed by atoms with Crippen molar-refractivity contribution in [2.75, 3.05) is 10.0 Å². The molecule has 2 N–H and O–H groups in total. The van der Waals surface area contributed by atoms with Gasteiger partial charge in [-0.3, -0.25) is 4.79 Å². The van der Waals surface area contributed by atoms with E-state index in [0.29, 0.717) is 26.9 Å². The number of hydrogen-bond acceptors (Lipinski definition) is 5. The van der Waals surface area contributed by atoms with E-state index in [2.05, 4.69) is 15.2 Å². The van der Waals surface area contributed by atoms with Crippen molar-refractivity contribution < 1.29 is 18.1 Å². The maximum absolute atomic E-state index is 12.6. The minimum Gasteiger partial charge on any atom is -0.588 e. The van der Waals surface area contributed by atoms with Crippen LogP contribution in [0.3, 0.4) is 0 Å². The van der Waals surface area contributed by atoms with Gasteiger partial charge in [0.2, 0.25) is 11.7 Å². The van der Waals surface area contributed by atoms with Gasteiger partial charge < -0.3 is 14.4 Å². The number of sulfonamides is 1. The van der Waals surface area contributed by atoms with Gasteiger partial charge in [-0.1, -0.05) is 44.7 Å². The molecule has 0 fully saturated rings. The Bertz CT molecular complexity index is 1370. The molecule has 164 valence electrons. The van der Waals surface area contributed by atoms with Gasteiger partial charge >= 0.3 is 0 Å². The molecule has 10 heteroatoms. The van der Waals surface area contributed by atoms with Gasteiger partial charge in [-0.05, 0) is 59.7 Å². The van der Waals surface area contributed by atoms with Gasteiger partial charge in [0, 0.05) is 17.8 Å². The summed E-state index contributed by atoms with van der Waals surface area (Å²) in [5, 5.41) is 8.77. The molecule has 1 heterocycles. The first-order chi connectivity index (χ1) is 15.2. The average molecular weight is 490 g/mol. The molecule has 0 spiro atoms. The molecule has 4 aromatic rings. The van der Waals surface area contributed by atoms with E-state index >= 15 is 0 Å². The average Bonchev–Trinajstić information content (AvgIpc) is 3.14. The first-order valence-corrected chi connectivity index (χ1v) is 11.7. The summed E-state index contributed by atoms with van der Waals surface area (Å²) < 4.78 is 32.5. The fourth-order valence-electron chi connectivity index (χ4n) is 3.12. The monoisotopic (exact) mass is 489 g/mol. The summed E-state index contributed by atoms with van der Waals surface area (Å²) in [6.07, 6.45) is 0.138. The van der Waals surface area contributed by atoms with Crippen LogP contribution in [-0.2, 0) is 25.8 Å². The lowest BCUT2D eigenvalue weighted by molar-refractivity contribution is -0.115. The van der Waals surface area contributed by atoms with Gasteiger partial charge in [0.05, 0.1) is 16.5 Å². The summed E-state index contributed by atoms with van der Waals surface area (Å²) in [4.78, 5) is 12.5. The third kappa shape index (κ3) is 5.11. The molecule has 1 amide bonds. The van der Waals surface area contributed by atoms with Gasteiger partial charge in [-0.2, -0.15) is 4.72 Å². The molecule has 3 aromatic carbocycles. The Morgan fingerprint density at radius 2 is 1.78 bits per heavy atom. The molecule has 0 saturated heterocycles. The summed E-state index contributed by atoms with van der Waals surface area (Å²) in [6, 6.07) is 16.5. The molecule has 32 heavy (non-hydrogen) atoms. The SMILES string of the molecule is Cc1cc(N[S+](=O)([O-])c2ccc3cc(NC(=O)Cc4ccc(Cl)c(Cl)c4)ccc3c2)no1. The maximum Gasteiger partial charge on any atom is 0.228 e. The Morgan fingerprint density at radius 1 is 1.03 bits per heavy atom. The van der Waals surface area contributed by atoms with Crippen LogP contribution < -0.4 is 10.0 Å². The Labute approximate surface area is 195 Å². The molecule has 0 bridgehead atoms. The Balaban J connectivity index is 1.49. The fraction of sp³-hybridized carbons (Fsp3) is 0.0909. The number of nitrogens with one attached hydrogen (secondary N) is 2. The van der Waals surface area contributed by atoms with E-state index in [0.717, 1.165) is 10.9 Å². The largest absolute Gasteiger partial charge is 0.588 e. The quantitative estimate of drug-likeness (QED) is 0.340. The van der Waals surface area contributed by atoms with Crippen molar-refractivity contribution in [3.8, 4) is 0 Å². The minimum atomic E-state index is -3.82. The van der Waals surface area contributed by atoms with E-state index in [1.165, 1.54) is 12.1 Å². The summed E-state index contributed by atoms with van der Waals surface area (Å²) in [7, 11) is -3.82. The number of nitrogens with zero attached hydrogens (tertiary/aromatic N) is 1. The predicted octanol–water partition coefficient (Wildman–Crippen LogP) is 5.64. The van der Waals surface area contributed by atoms with E-state index < -0.39 is 10.4 Å². The molecule has 0 radical (unpaired) electrons. The topological polar surface area (TPSA) is 107 Å². The van der Waals surface area contributed by atoms with E-state index in [-0.39, 0.29) is 23.0 Å². The molecule has 0 aliphatic rings. The van der Waals surface area contributed by atoms with Crippen LogP contribution in [0.25, 0.3) is 10.8 Å². The van der Waals surface area contributed by atoms with Gasteiger partial charge in [-0.15, -0.1) is 0 Å². The number of aromatic nitrogens is 1. The molecular weight excluding hydrogens is 473 g/mol. The van der Waals surface area contributed by atoms with E-state index in [4.69, 9.17) is 27.7 Å². The number of amides is 1. The highest BCUT2D eigenvalue weighted by molar-refractivity contribution is 7.98. The summed E-state index contributed by atoms with van der Waals surface area (Å²) in [6.45, 7) is 1.67. The van der Waals surface area contributed by atoms with Crippen LogP contribution in [0.1, 0.15) is 11.3 Å². The van der Waals surface area contributed by atoms with Crippen molar-refractivity contribution in [1.29, 1.82) is 0 Å². The molecule has 0 saturated carbocycles. The van der Waals surface area contributed by atoms with E-state index in [1.807, 2.05) is 0 Å². The van der Waals surface area contributed by atoms with Crippen LogP contribution >= 0.6 is 23.2 Å². The molecular formula is C22H17Cl2N3O4S. The van der Waals surface area contributed by atoms with Crippen LogP contribution in [-0.4, -0.2) is 15.6 Å². The highest BCUT2D eigenvalue weighted by Gasteiger charge is 2.22. The number of aryl methyl sites for hydroxylation is 1. The van der Waals surface area contributed by atoms with Crippen molar-refractivity contribution in [2.45, 2.75) is 18.2 Å². The number of anilines is 2. The number of rotatable bonds is 6. The standard InChI is InChI=1S/C22H17Cl2N3O4S/c1-13-8-21(26-31-13)27-32(29,30)18-6-4-15-11-17(5-3-16(15)12-18)25-22(28)10-14-2-7-19(23)20(24)9-14/h2-9,11-12H,10H2,1H3,(H2-,25,26,27,28,29,30). The predicted molar refractivity (Wildman–Crippen MR) is 125 cm³/mol. The summed E-state index contributed by atoms with van der Waals surface area (Å²) in [5.74, 6) is 0.395. The second-order valence-electron chi connectivity index (χ2n) is 7.13. The fourth-order valence-corrected chi connectivity index (χ4v) is 4.46. The Kier molecular flexibility index (Phi) is 6.21. The lowest BCUT2D eigenvalue weighted by Gasteiger charge is -2.14. The van der Waals surface area contributed by atoms with E-state index in [1.54, 1.807) is 55.5 Å². The molecule has 1 aromatic heterocycles. The molecule has 0 aliphatic carbocycles. The normalized spacial score (nSPS) is 13.0. The van der Waals surface area contributed by atoms with Gasteiger partial charge in [0.25, 0.3) is 0 Å². The molecule has 0 aliphatic heterocycles. The Hall–Kier alpha value is -2.91. The number of fused-ring (bicyclic) bond motifs is 1. The number of halogens is 2. The molecule has 4 rings (SSSR count). The molecule has 1 unspecified atom stereocenters. The van der Waals surface area contributed by atoms with Crippen molar-refractivity contribution in [2.24, 2.45) is 0 Å². The highest BCUT2D eigenvalue weighted by atomic mass is 35.5. The highest BCUT2D eigenvalue weighted by Crippen LogP contribution is 2.27. The van der Waals surface area contributed by atoms with Crippen LogP contribution in [0, 0.1) is 6.92 Å². The van der Waals surface area contributed by atoms with E-state index in [9.17, 15) is 13.6 Å². The first kappa shape index (κ1) is 22.3. The van der Waals surface area contributed by atoms with Crippen molar-refractivity contribution >= 4 is 61.8 Å². The lowest BCUT2D eigenvalue weighted by atomic mass is 10.1. The van der Waals surface area contributed by atoms with Crippen LogP contribution in [0.5, 0.6) is 0 Å². The third-order valence-electron chi connectivity index (χ3n) is 4.62. The number of carbonyl (C=O) groups is 1. The summed E-state index contributed by atoms with van der Waals surface area (Å²) >= 11 is 11.9. The zero-order valence-electron chi connectivity index (χ0n) is 16.7. The maximum atomic E-state index is 12.6. The zero-order chi connectivity index (χ0) is 22.9. The second-order valence-corrected chi connectivity index (χ2v) is 9.62.